The van der Waals surface area contributed by atoms with Crippen LogP contribution in [0.4, 0.5) is 5.69 Å². The third-order valence-electron chi connectivity index (χ3n) is 3.62. The van der Waals surface area contributed by atoms with Crippen molar-refractivity contribution >= 4 is 23.0 Å². The predicted octanol–water partition coefficient (Wildman–Crippen LogP) is 2.64. The predicted molar refractivity (Wildman–Crippen MR) is 89.8 cm³/mol. The minimum Gasteiger partial charge on any atom is -0.485 e. The minimum absolute atomic E-state index is 0.0897. The molecule has 6 nitrogen and oxygen atoms in total. The first kappa shape index (κ1) is 15.3. The van der Waals surface area contributed by atoms with Gasteiger partial charge in [0.15, 0.2) is 5.94 Å². The van der Waals surface area contributed by atoms with Gasteiger partial charge in [-0.25, -0.2) is 9.78 Å². The molecule has 0 aliphatic carbocycles. The van der Waals surface area contributed by atoms with Crippen LogP contribution in [0.1, 0.15) is 16.8 Å². The van der Waals surface area contributed by atoms with Crippen LogP contribution >= 0.6 is 0 Å². The summed E-state index contributed by atoms with van der Waals surface area (Å²) in [7, 11) is 1.43. The maximum atomic E-state index is 11.2. The van der Waals surface area contributed by atoms with Crippen molar-refractivity contribution in [2.45, 2.75) is 6.54 Å². The highest BCUT2D eigenvalue weighted by Crippen LogP contribution is 2.25. The maximum Gasteiger partial charge on any atom is 0.230 e. The van der Waals surface area contributed by atoms with Crippen molar-refractivity contribution in [3.05, 3.63) is 65.6 Å². The summed E-state index contributed by atoms with van der Waals surface area (Å²) in [6.45, 7) is 0.499. The van der Waals surface area contributed by atoms with Crippen LogP contribution in [-0.4, -0.2) is 22.4 Å². The number of carbonyl (C=O) groups excluding carboxylic acids is 1. The van der Waals surface area contributed by atoms with Crippen LogP contribution < -0.4 is 5.32 Å². The number of rotatable bonds is 5. The molecule has 3 aromatic rings. The Morgan fingerprint density at radius 1 is 1.38 bits per heavy atom. The Bertz CT molecular complexity index is 978. The number of nitrogens with one attached hydrogen (secondary N) is 1. The van der Waals surface area contributed by atoms with Gasteiger partial charge in [0.25, 0.3) is 0 Å². The molecule has 6 heteroatoms. The number of fused-ring (bicyclic) bond motifs is 1. The van der Waals surface area contributed by atoms with E-state index in [0.29, 0.717) is 29.1 Å². The Balaban J connectivity index is 1.98. The van der Waals surface area contributed by atoms with Gasteiger partial charge in [0.2, 0.25) is 5.76 Å². The molecule has 0 bridgehead atoms. The number of ether oxygens (including phenoxy) is 1. The maximum absolute atomic E-state index is 11.2. The molecular weight excluding hydrogens is 304 g/mol. The third kappa shape index (κ3) is 2.84. The fraction of sp³-hybridized carbons (Fsp3) is 0.111. The number of aromatic nitrogens is 2. The molecule has 0 atom stereocenters. The molecule has 0 fully saturated rings. The van der Waals surface area contributed by atoms with E-state index in [0.717, 1.165) is 5.56 Å². The zero-order chi connectivity index (χ0) is 16.9. The number of hydrogen-bond donors (Lipinski definition) is 1. The Kier molecular flexibility index (Phi) is 4.28. The number of imidazole rings is 1. The van der Waals surface area contributed by atoms with E-state index >= 15 is 0 Å². The summed E-state index contributed by atoms with van der Waals surface area (Å²) in [5.74, 6) is 1.91. The number of nitriles is 1. The monoisotopic (exact) mass is 318 g/mol. The van der Waals surface area contributed by atoms with E-state index in [1.165, 1.54) is 7.11 Å². The Morgan fingerprint density at radius 2 is 2.25 bits per heavy atom. The second kappa shape index (κ2) is 6.69. The molecule has 3 rings (SSSR count). The normalized spacial score (nSPS) is 10.0. The lowest BCUT2D eigenvalue weighted by atomic mass is 10.1. The fourth-order valence-electron chi connectivity index (χ4n) is 2.50. The van der Waals surface area contributed by atoms with Gasteiger partial charge in [-0.2, -0.15) is 5.26 Å². The van der Waals surface area contributed by atoms with E-state index in [9.17, 15) is 4.79 Å². The summed E-state index contributed by atoms with van der Waals surface area (Å²) in [4.78, 5) is 15.4. The molecule has 0 amide bonds. The minimum atomic E-state index is 0.0897. The lowest BCUT2D eigenvalue weighted by Gasteiger charge is -2.14. The molecule has 118 valence electrons. The molecule has 0 aliphatic rings. The molecular formula is C18H14N4O2. The molecule has 0 saturated heterocycles. The van der Waals surface area contributed by atoms with E-state index in [1.807, 2.05) is 36.3 Å². The summed E-state index contributed by atoms with van der Waals surface area (Å²) in [6.07, 6.45) is 3.40. The number of methoxy groups -OCH3 is 1. The quantitative estimate of drug-likeness (QED) is 0.578. The lowest BCUT2D eigenvalue weighted by Crippen LogP contribution is -2.07. The van der Waals surface area contributed by atoms with Gasteiger partial charge in [-0.1, -0.05) is 12.1 Å². The SMILES string of the molecule is COC(=C=O)c1c(NCc2cccc(C#N)c2)ccc2nccn12. The Labute approximate surface area is 138 Å². The topological polar surface area (TPSA) is 79.4 Å². The van der Waals surface area contributed by atoms with Gasteiger partial charge >= 0.3 is 0 Å². The molecule has 1 aromatic carbocycles. The first-order valence-electron chi connectivity index (χ1n) is 7.25. The van der Waals surface area contributed by atoms with Crippen molar-refractivity contribution in [3.8, 4) is 6.07 Å². The van der Waals surface area contributed by atoms with Crippen molar-refractivity contribution < 1.29 is 9.53 Å². The molecule has 2 heterocycles. The summed E-state index contributed by atoms with van der Waals surface area (Å²) in [6, 6.07) is 13.1. The highest BCUT2D eigenvalue weighted by atomic mass is 16.5. The Hall–Kier alpha value is -3.55. The Morgan fingerprint density at radius 3 is 3.00 bits per heavy atom. The first-order valence-corrected chi connectivity index (χ1v) is 7.25. The zero-order valence-corrected chi connectivity index (χ0v) is 13.0. The molecule has 0 aliphatic heterocycles. The van der Waals surface area contributed by atoms with Crippen molar-refractivity contribution in [2.75, 3.05) is 12.4 Å². The van der Waals surface area contributed by atoms with E-state index in [-0.39, 0.29) is 5.76 Å². The van der Waals surface area contributed by atoms with E-state index in [4.69, 9.17) is 10.00 Å². The summed E-state index contributed by atoms with van der Waals surface area (Å²) in [5.41, 5.74) is 3.53. The number of anilines is 1. The number of benzene rings is 1. The van der Waals surface area contributed by atoms with Crippen molar-refractivity contribution in [1.29, 1.82) is 5.26 Å². The van der Waals surface area contributed by atoms with Gasteiger partial charge in [-0.3, -0.25) is 4.40 Å². The van der Waals surface area contributed by atoms with Gasteiger partial charge in [0, 0.05) is 18.9 Å². The fourth-order valence-corrected chi connectivity index (χ4v) is 2.50. The lowest BCUT2D eigenvalue weighted by molar-refractivity contribution is 0.369. The number of nitrogens with zero attached hydrogens (tertiary/aromatic N) is 3. The van der Waals surface area contributed by atoms with Crippen LogP contribution in [0.5, 0.6) is 0 Å². The highest BCUT2D eigenvalue weighted by molar-refractivity contribution is 5.87. The molecule has 2 aromatic heterocycles. The van der Waals surface area contributed by atoms with E-state index in [1.54, 1.807) is 22.9 Å². The van der Waals surface area contributed by atoms with Gasteiger partial charge in [-0.05, 0) is 29.8 Å². The van der Waals surface area contributed by atoms with Crippen LogP contribution in [0.3, 0.4) is 0 Å². The second-order valence-electron chi connectivity index (χ2n) is 5.05. The third-order valence-corrected chi connectivity index (χ3v) is 3.62. The largest absolute Gasteiger partial charge is 0.485 e. The van der Waals surface area contributed by atoms with Crippen LogP contribution in [0.25, 0.3) is 11.4 Å². The first-order chi connectivity index (χ1) is 11.8. The smallest absolute Gasteiger partial charge is 0.230 e. The second-order valence-corrected chi connectivity index (χ2v) is 5.05. The highest BCUT2D eigenvalue weighted by Gasteiger charge is 2.14. The summed E-state index contributed by atoms with van der Waals surface area (Å²) >= 11 is 0. The number of hydrogen-bond acceptors (Lipinski definition) is 5. The molecule has 0 radical (unpaired) electrons. The van der Waals surface area contributed by atoms with Crippen LogP contribution in [0.2, 0.25) is 0 Å². The van der Waals surface area contributed by atoms with E-state index in [2.05, 4.69) is 16.4 Å². The molecule has 0 saturated carbocycles. The van der Waals surface area contributed by atoms with Crippen LogP contribution in [0, 0.1) is 11.3 Å². The molecule has 0 spiro atoms. The summed E-state index contributed by atoms with van der Waals surface area (Å²) < 4.78 is 6.92. The number of pyridine rings is 1. The van der Waals surface area contributed by atoms with Crippen LogP contribution in [-0.2, 0) is 16.1 Å². The standard InChI is InChI=1S/C18H14N4O2/c1-24-16(12-23)18-15(5-6-17-20-7-8-22(17)18)21-11-14-4-2-3-13(9-14)10-19/h2-9,21H,11H2,1H3. The van der Waals surface area contributed by atoms with Gasteiger partial charge in [0.05, 0.1) is 24.4 Å². The van der Waals surface area contributed by atoms with Crippen molar-refractivity contribution in [3.63, 3.8) is 0 Å². The van der Waals surface area contributed by atoms with Gasteiger partial charge in [0.1, 0.15) is 11.3 Å². The van der Waals surface area contributed by atoms with Gasteiger partial charge < -0.3 is 10.1 Å². The zero-order valence-electron chi connectivity index (χ0n) is 13.0. The average molecular weight is 318 g/mol. The summed E-state index contributed by atoms with van der Waals surface area (Å²) in [5, 5.41) is 12.3. The van der Waals surface area contributed by atoms with Crippen LogP contribution in [0.15, 0.2) is 48.8 Å². The molecule has 1 N–H and O–H groups in total. The molecule has 24 heavy (non-hydrogen) atoms. The van der Waals surface area contributed by atoms with Gasteiger partial charge in [-0.15, -0.1) is 0 Å². The van der Waals surface area contributed by atoms with E-state index < -0.39 is 0 Å². The van der Waals surface area contributed by atoms with Crippen molar-refractivity contribution in [2.24, 2.45) is 0 Å². The van der Waals surface area contributed by atoms with Crippen molar-refractivity contribution in [1.82, 2.24) is 9.38 Å². The average Bonchev–Trinajstić information content (AvgIpc) is 3.10. The molecule has 0 unspecified atom stereocenters.